The van der Waals surface area contributed by atoms with E-state index in [4.69, 9.17) is 10.00 Å². The number of nitriles is 1. The number of hydrogen-bond donors (Lipinski definition) is 0. The van der Waals surface area contributed by atoms with E-state index in [9.17, 15) is 9.18 Å². The Hall–Kier alpha value is -2.67. The molecule has 0 fully saturated rings. The maximum atomic E-state index is 13.9. The first-order valence-corrected chi connectivity index (χ1v) is 6.00. The number of nitrogens with zero attached hydrogens (tertiary/aromatic N) is 1. The van der Waals surface area contributed by atoms with Crippen LogP contribution in [0.15, 0.2) is 36.4 Å². The van der Waals surface area contributed by atoms with Crippen LogP contribution in [0.3, 0.4) is 0 Å². The molecule has 0 aromatic heterocycles. The highest BCUT2D eigenvalue weighted by molar-refractivity contribution is 5.94. The zero-order valence-electron chi connectivity index (χ0n) is 11.1. The van der Waals surface area contributed by atoms with E-state index in [-0.39, 0.29) is 17.1 Å². The number of carbonyl (C=O) groups excluding carboxylic acids is 1. The van der Waals surface area contributed by atoms with Gasteiger partial charge in [-0.2, -0.15) is 5.26 Å². The van der Waals surface area contributed by atoms with Crippen molar-refractivity contribution in [1.82, 2.24) is 0 Å². The van der Waals surface area contributed by atoms with Crippen molar-refractivity contribution in [2.75, 3.05) is 0 Å². The van der Waals surface area contributed by atoms with E-state index in [1.54, 1.807) is 25.1 Å². The lowest BCUT2D eigenvalue weighted by Crippen LogP contribution is -1.96. The minimum atomic E-state index is -0.612. The minimum Gasteiger partial charge on any atom is -0.454 e. The number of ketones is 1. The molecule has 4 heteroatoms. The molecule has 0 heterocycles. The van der Waals surface area contributed by atoms with Gasteiger partial charge in [0.15, 0.2) is 17.3 Å². The van der Waals surface area contributed by atoms with E-state index in [0.29, 0.717) is 11.3 Å². The third kappa shape index (κ3) is 2.83. The second-order valence-corrected chi connectivity index (χ2v) is 4.40. The fourth-order valence-corrected chi connectivity index (χ4v) is 1.70. The van der Waals surface area contributed by atoms with Crippen LogP contribution in [0.5, 0.6) is 11.5 Å². The second-order valence-electron chi connectivity index (χ2n) is 4.40. The van der Waals surface area contributed by atoms with Crippen LogP contribution in [-0.2, 0) is 0 Å². The van der Waals surface area contributed by atoms with E-state index in [1.807, 2.05) is 6.07 Å². The largest absolute Gasteiger partial charge is 0.454 e. The molecule has 0 unspecified atom stereocenters. The molecular weight excluding hydrogens is 257 g/mol. The number of benzene rings is 2. The highest BCUT2D eigenvalue weighted by atomic mass is 19.1. The van der Waals surface area contributed by atoms with E-state index in [1.165, 1.54) is 19.1 Å². The molecule has 20 heavy (non-hydrogen) atoms. The average Bonchev–Trinajstić information content (AvgIpc) is 2.43. The maximum Gasteiger partial charge on any atom is 0.166 e. The van der Waals surface area contributed by atoms with Crippen molar-refractivity contribution in [3.8, 4) is 17.6 Å². The number of aryl methyl sites for hydroxylation is 1. The Morgan fingerprint density at radius 3 is 2.55 bits per heavy atom. The number of ether oxygens (including phenoxy) is 1. The van der Waals surface area contributed by atoms with Gasteiger partial charge in [-0.15, -0.1) is 0 Å². The maximum absolute atomic E-state index is 13.9. The van der Waals surface area contributed by atoms with Gasteiger partial charge in [0, 0.05) is 5.56 Å². The SMILES string of the molecule is CC(=O)c1ccc(Oc2cc(C#N)ccc2C)c(F)c1. The number of rotatable bonds is 3. The number of Topliss-reactive ketones (excluding diaryl/α,β-unsaturated/α-hetero) is 1. The first-order chi connectivity index (χ1) is 9.51. The van der Waals surface area contributed by atoms with Crippen LogP contribution in [-0.4, -0.2) is 5.78 Å². The monoisotopic (exact) mass is 269 g/mol. The smallest absolute Gasteiger partial charge is 0.166 e. The summed E-state index contributed by atoms with van der Waals surface area (Å²) < 4.78 is 19.3. The van der Waals surface area contributed by atoms with Crippen molar-refractivity contribution in [2.45, 2.75) is 13.8 Å². The minimum absolute atomic E-state index is 0.0215. The first-order valence-electron chi connectivity index (χ1n) is 6.00. The van der Waals surface area contributed by atoms with Crippen molar-refractivity contribution >= 4 is 5.78 Å². The zero-order valence-corrected chi connectivity index (χ0v) is 11.1. The van der Waals surface area contributed by atoms with Gasteiger partial charge in [-0.3, -0.25) is 4.79 Å². The predicted octanol–water partition coefficient (Wildman–Crippen LogP) is 4.00. The zero-order chi connectivity index (χ0) is 14.7. The molecular formula is C16H12FNO2. The molecule has 0 atom stereocenters. The average molecular weight is 269 g/mol. The van der Waals surface area contributed by atoms with E-state index >= 15 is 0 Å². The molecule has 0 aliphatic carbocycles. The topological polar surface area (TPSA) is 50.1 Å². The van der Waals surface area contributed by atoms with Gasteiger partial charge in [0.25, 0.3) is 0 Å². The summed E-state index contributed by atoms with van der Waals surface area (Å²) >= 11 is 0. The lowest BCUT2D eigenvalue weighted by molar-refractivity contribution is 0.101. The lowest BCUT2D eigenvalue weighted by Gasteiger charge is -2.10. The summed E-state index contributed by atoms with van der Waals surface area (Å²) in [6.07, 6.45) is 0. The summed E-state index contributed by atoms with van der Waals surface area (Å²) in [6, 6.07) is 11.0. The van der Waals surface area contributed by atoms with Crippen molar-refractivity contribution in [1.29, 1.82) is 5.26 Å². The summed E-state index contributed by atoms with van der Waals surface area (Å²) in [5.41, 5.74) is 1.52. The third-order valence-electron chi connectivity index (χ3n) is 2.88. The van der Waals surface area contributed by atoms with Crippen molar-refractivity contribution in [3.63, 3.8) is 0 Å². The van der Waals surface area contributed by atoms with Crippen molar-refractivity contribution in [2.24, 2.45) is 0 Å². The molecule has 2 aromatic carbocycles. The van der Waals surface area contributed by atoms with Crippen molar-refractivity contribution < 1.29 is 13.9 Å². The Bertz CT molecular complexity index is 717. The van der Waals surface area contributed by atoms with E-state index in [0.717, 1.165) is 11.6 Å². The van der Waals surface area contributed by atoms with Gasteiger partial charge < -0.3 is 4.74 Å². The van der Waals surface area contributed by atoms with Crippen molar-refractivity contribution in [3.05, 3.63) is 58.9 Å². The normalized spacial score (nSPS) is 9.90. The molecule has 0 saturated heterocycles. The molecule has 0 saturated carbocycles. The molecule has 0 aliphatic heterocycles. The Labute approximate surface area is 116 Å². The lowest BCUT2D eigenvalue weighted by atomic mass is 10.1. The van der Waals surface area contributed by atoms with E-state index < -0.39 is 5.82 Å². The molecule has 0 radical (unpaired) electrons. The highest BCUT2D eigenvalue weighted by Gasteiger charge is 2.10. The van der Waals surface area contributed by atoms with Crippen LogP contribution in [0.1, 0.15) is 28.4 Å². The first kappa shape index (κ1) is 13.8. The Morgan fingerprint density at radius 1 is 1.20 bits per heavy atom. The van der Waals surface area contributed by atoms with Gasteiger partial charge in [0.05, 0.1) is 11.6 Å². The summed E-state index contributed by atoms with van der Waals surface area (Å²) in [5, 5.41) is 8.85. The Kier molecular flexibility index (Phi) is 3.81. The number of hydrogen-bond acceptors (Lipinski definition) is 3. The molecule has 0 spiro atoms. The van der Waals surface area contributed by atoms with Gasteiger partial charge in [0.2, 0.25) is 0 Å². The quantitative estimate of drug-likeness (QED) is 0.791. The molecule has 0 bridgehead atoms. The summed E-state index contributed by atoms with van der Waals surface area (Å²) in [4.78, 5) is 11.2. The number of carbonyl (C=O) groups is 1. The van der Waals surface area contributed by atoms with Gasteiger partial charge in [0.1, 0.15) is 5.75 Å². The van der Waals surface area contributed by atoms with Crippen LogP contribution in [0, 0.1) is 24.1 Å². The van der Waals surface area contributed by atoms with Crippen LogP contribution in [0.4, 0.5) is 4.39 Å². The Morgan fingerprint density at radius 2 is 1.95 bits per heavy atom. The van der Waals surface area contributed by atoms with E-state index in [2.05, 4.69) is 0 Å². The summed E-state index contributed by atoms with van der Waals surface area (Å²) in [7, 11) is 0. The fourth-order valence-electron chi connectivity index (χ4n) is 1.70. The van der Waals surface area contributed by atoms with Crippen LogP contribution >= 0.6 is 0 Å². The number of halogens is 1. The second kappa shape index (κ2) is 5.54. The summed E-state index contributed by atoms with van der Waals surface area (Å²) in [5.74, 6) is -0.385. The molecule has 2 aromatic rings. The van der Waals surface area contributed by atoms with Gasteiger partial charge in [-0.1, -0.05) is 6.07 Å². The molecule has 0 amide bonds. The van der Waals surface area contributed by atoms with Crippen LogP contribution in [0.2, 0.25) is 0 Å². The molecule has 0 N–H and O–H groups in total. The fraction of sp³-hybridized carbons (Fsp3) is 0.125. The summed E-state index contributed by atoms with van der Waals surface area (Å²) in [6.45, 7) is 3.17. The third-order valence-corrected chi connectivity index (χ3v) is 2.88. The molecule has 0 aliphatic rings. The standard InChI is InChI=1S/C16H12FNO2/c1-10-3-4-12(9-18)7-16(10)20-15-6-5-13(11(2)19)8-14(15)17/h3-8H,1-2H3. The van der Waals surface area contributed by atoms with Crippen LogP contribution < -0.4 is 4.74 Å². The highest BCUT2D eigenvalue weighted by Crippen LogP contribution is 2.28. The van der Waals surface area contributed by atoms with Crippen LogP contribution in [0.25, 0.3) is 0 Å². The van der Waals surface area contributed by atoms with Gasteiger partial charge >= 0.3 is 0 Å². The predicted molar refractivity (Wildman–Crippen MR) is 72.4 cm³/mol. The van der Waals surface area contributed by atoms with Gasteiger partial charge in [-0.25, -0.2) is 4.39 Å². The molecule has 100 valence electrons. The molecule has 3 nitrogen and oxygen atoms in total. The van der Waals surface area contributed by atoms with Gasteiger partial charge in [-0.05, 0) is 49.7 Å². The Balaban J connectivity index is 2.35. The molecule has 2 rings (SSSR count).